The molecule has 0 spiro atoms. The molecule has 1 aliphatic heterocycles. The van der Waals surface area contributed by atoms with Crippen LogP contribution in [-0.2, 0) is 4.79 Å². The molecule has 1 aliphatic rings. The number of fused-ring (bicyclic) bond motifs is 1. The van der Waals surface area contributed by atoms with Gasteiger partial charge in [-0.05, 0) is 42.8 Å². The molecule has 0 saturated carbocycles. The first kappa shape index (κ1) is 23.5. The molecule has 4 rings (SSSR count). The molecule has 7 heteroatoms. The van der Waals surface area contributed by atoms with Gasteiger partial charge in [0, 0.05) is 23.3 Å². The van der Waals surface area contributed by atoms with Gasteiger partial charge in [0.15, 0.2) is 0 Å². The van der Waals surface area contributed by atoms with Crippen LogP contribution in [0.15, 0.2) is 78.2 Å². The Balaban J connectivity index is 1.65. The maximum atomic E-state index is 12.4. The predicted octanol–water partition coefficient (Wildman–Crippen LogP) is 4.85. The number of hydrogen-bond acceptors (Lipinski definition) is 7. The molecular weight excluding hydrogens is 444 g/mol. The van der Waals surface area contributed by atoms with Gasteiger partial charge in [0.05, 0.1) is 20.1 Å². The van der Waals surface area contributed by atoms with Crippen molar-refractivity contribution >= 4 is 12.0 Å². The van der Waals surface area contributed by atoms with Crippen molar-refractivity contribution in [2.75, 3.05) is 14.2 Å². The van der Waals surface area contributed by atoms with Crippen molar-refractivity contribution in [2.24, 2.45) is 5.73 Å². The van der Waals surface area contributed by atoms with Crippen LogP contribution >= 0.6 is 0 Å². The number of nitrogens with two attached hydrogens (primary N) is 1. The Kier molecular flexibility index (Phi) is 6.74. The minimum absolute atomic E-state index is 0.0300. The fourth-order valence-electron chi connectivity index (χ4n) is 3.88. The predicted molar refractivity (Wildman–Crippen MR) is 131 cm³/mol. The van der Waals surface area contributed by atoms with Gasteiger partial charge in [-0.3, -0.25) is 0 Å². The molecule has 3 aromatic rings. The average Bonchev–Trinajstić information content (AvgIpc) is 2.87. The minimum atomic E-state index is -0.556. The summed E-state index contributed by atoms with van der Waals surface area (Å²) in [4.78, 5) is 12.4. The summed E-state index contributed by atoms with van der Waals surface area (Å²) >= 11 is 0. The van der Waals surface area contributed by atoms with Crippen molar-refractivity contribution < 1.29 is 23.7 Å². The van der Waals surface area contributed by atoms with E-state index < -0.39 is 11.9 Å². The van der Waals surface area contributed by atoms with E-state index in [1.165, 1.54) is 6.08 Å². The summed E-state index contributed by atoms with van der Waals surface area (Å²) in [6, 6.07) is 20.2. The SMILES string of the molecule is COc1ccc(OC)c(C2C(C#N)=C(N)Oc3cc(OC(=O)/C=C/c4ccc(C)cc4)ccc32)c1. The smallest absolute Gasteiger partial charge is 0.336 e. The molecule has 35 heavy (non-hydrogen) atoms. The fourth-order valence-corrected chi connectivity index (χ4v) is 3.88. The topological polar surface area (TPSA) is 104 Å². The van der Waals surface area contributed by atoms with Crippen LogP contribution in [0.3, 0.4) is 0 Å². The molecule has 0 fully saturated rings. The Labute approximate surface area is 203 Å². The van der Waals surface area contributed by atoms with Gasteiger partial charge in [-0.15, -0.1) is 0 Å². The first-order chi connectivity index (χ1) is 16.9. The Hall–Kier alpha value is -4.70. The third-order valence-corrected chi connectivity index (χ3v) is 5.65. The summed E-state index contributed by atoms with van der Waals surface area (Å²) in [6.07, 6.45) is 3.04. The van der Waals surface area contributed by atoms with Crippen molar-refractivity contribution in [3.05, 3.63) is 100 Å². The number of methoxy groups -OCH3 is 2. The van der Waals surface area contributed by atoms with E-state index in [0.717, 1.165) is 11.1 Å². The van der Waals surface area contributed by atoms with Crippen molar-refractivity contribution in [3.8, 4) is 29.1 Å². The number of carbonyl (C=O) groups excluding carboxylic acids is 1. The highest BCUT2D eigenvalue weighted by atomic mass is 16.5. The molecule has 0 aromatic heterocycles. The fraction of sp³-hybridized carbons (Fsp3) is 0.143. The van der Waals surface area contributed by atoms with Crippen LogP contribution in [0, 0.1) is 18.3 Å². The van der Waals surface area contributed by atoms with Gasteiger partial charge in [0.25, 0.3) is 0 Å². The molecule has 0 radical (unpaired) electrons. The van der Waals surface area contributed by atoms with Crippen LogP contribution in [0.25, 0.3) is 6.08 Å². The lowest BCUT2D eigenvalue weighted by molar-refractivity contribution is -0.128. The summed E-state index contributed by atoms with van der Waals surface area (Å²) in [5, 5.41) is 9.83. The molecular formula is C28H24N2O5. The second-order valence-corrected chi connectivity index (χ2v) is 7.90. The van der Waals surface area contributed by atoms with Gasteiger partial charge < -0.3 is 24.7 Å². The number of ether oxygens (including phenoxy) is 4. The standard InChI is InChI=1S/C28H24N2O5/c1-17-4-6-18(7-5-17)8-13-26(31)34-20-9-11-21-25(15-20)35-28(30)23(16-29)27(21)22-14-19(32-2)10-12-24(22)33-3/h4-15,27H,30H2,1-3H3/b13-8+. The largest absolute Gasteiger partial charge is 0.497 e. The van der Waals surface area contributed by atoms with E-state index >= 15 is 0 Å². The van der Waals surface area contributed by atoms with E-state index in [9.17, 15) is 10.1 Å². The molecule has 0 bridgehead atoms. The number of nitrogens with zero attached hydrogens (tertiary/aromatic N) is 1. The number of allylic oxidation sites excluding steroid dienone is 1. The lowest BCUT2D eigenvalue weighted by atomic mass is 9.83. The van der Waals surface area contributed by atoms with Gasteiger partial charge in [-0.2, -0.15) is 5.26 Å². The lowest BCUT2D eigenvalue weighted by Crippen LogP contribution is -2.21. The highest BCUT2D eigenvalue weighted by molar-refractivity contribution is 5.88. The van der Waals surface area contributed by atoms with E-state index in [1.807, 2.05) is 31.2 Å². The Morgan fingerprint density at radius 1 is 1.00 bits per heavy atom. The van der Waals surface area contributed by atoms with Gasteiger partial charge in [-0.1, -0.05) is 35.9 Å². The number of nitriles is 1. The summed E-state index contributed by atoms with van der Waals surface area (Å²) in [5.41, 5.74) is 9.75. The van der Waals surface area contributed by atoms with Gasteiger partial charge >= 0.3 is 5.97 Å². The van der Waals surface area contributed by atoms with Crippen molar-refractivity contribution in [3.63, 3.8) is 0 Å². The number of benzene rings is 3. The zero-order valence-electron chi connectivity index (χ0n) is 19.6. The second-order valence-electron chi connectivity index (χ2n) is 7.90. The van der Waals surface area contributed by atoms with Gasteiger partial charge in [0.2, 0.25) is 5.88 Å². The molecule has 2 N–H and O–H groups in total. The summed E-state index contributed by atoms with van der Waals surface area (Å²) in [5.74, 6) is 0.721. The van der Waals surface area contributed by atoms with Gasteiger partial charge in [-0.25, -0.2) is 4.79 Å². The third kappa shape index (κ3) is 4.97. The van der Waals surface area contributed by atoms with Crippen molar-refractivity contribution in [1.82, 2.24) is 0 Å². The molecule has 7 nitrogen and oxygen atoms in total. The molecule has 1 atom stereocenters. The third-order valence-electron chi connectivity index (χ3n) is 5.65. The number of hydrogen-bond donors (Lipinski definition) is 1. The zero-order chi connectivity index (χ0) is 24.9. The first-order valence-electron chi connectivity index (χ1n) is 10.8. The van der Waals surface area contributed by atoms with E-state index in [1.54, 1.807) is 56.7 Å². The van der Waals surface area contributed by atoms with Crippen LogP contribution in [-0.4, -0.2) is 20.2 Å². The van der Waals surface area contributed by atoms with E-state index in [2.05, 4.69) is 6.07 Å². The highest BCUT2D eigenvalue weighted by Gasteiger charge is 2.33. The zero-order valence-corrected chi connectivity index (χ0v) is 19.6. The minimum Gasteiger partial charge on any atom is -0.497 e. The van der Waals surface area contributed by atoms with Crippen LogP contribution in [0.5, 0.6) is 23.0 Å². The Morgan fingerprint density at radius 2 is 1.74 bits per heavy atom. The van der Waals surface area contributed by atoms with Crippen LogP contribution in [0.1, 0.15) is 28.2 Å². The Bertz CT molecular complexity index is 1370. The molecule has 176 valence electrons. The van der Waals surface area contributed by atoms with Crippen molar-refractivity contribution in [2.45, 2.75) is 12.8 Å². The van der Waals surface area contributed by atoms with Crippen LogP contribution in [0.4, 0.5) is 0 Å². The van der Waals surface area contributed by atoms with Crippen LogP contribution in [0.2, 0.25) is 0 Å². The molecule has 1 unspecified atom stereocenters. The van der Waals surface area contributed by atoms with Crippen molar-refractivity contribution in [1.29, 1.82) is 5.26 Å². The maximum absolute atomic E-state index is 12.4. The molecule has 0 amide bonds. The first-order valence-corrected chi connectivity index (χ1v) is 10.8. The summed E-state index contributed by atoms with van der Waals surface area (Å²) in [6.45, 7) is 2.00. The van der Waals surface area contributed by atoms with Gasteiger partial charge in [0.1, 0.15) is 34.6 Å². The molecule has 3 aromatic carbocycles. The van der Waals surface area contributed by atoms with E-state index in [4.69, 9.17) is 24.7 Å². The lowest BCUT2D eigenvalue weighted by Gasteiger charge is -2.28. The molecule has 0 aliphatic carbocycles. The highest BCUT2D eigenvalue weighted by Crippen LogP contribution is 2.46. The van der Waals surface area contributed by atoms with E-state index in [0.29, 0.717) is 28.4 Å². The number of esters is 1. The van der Waals surface area contributed by atoms with Crippen LogP contribution < -0.4 is 24.7 Å². The second kappa shape index (κ2) is 10.1. The number of carbonyl (C=O) groups is 1. The molecule has 0 saturated heterocycles. The molecule has 1 heterocycles. The number of rotatable bonds is 6. The quantitative estimate of drug-likeness (QED) is 0.313. The summed E-state index contributed by atoms with van der Waals surface area (Å²) < 4.78 is 22.1. The van der Waals surface area contributed by atoms with E-state index in [-0.39, 0.29) is 17.2 Å². The summed E-state index contributed by atoms with van der Waals surface area (Å²) in [7, 11) is 3.12. The normalized spacial score (nSPS) is 14.6. The number of aryl methyl sites for hydroxylation is 1. The monoisotopic (exact) mass is 468 g/mol. The Morgan fingerprint density at radius 3 is 2.43 bits per heavy atom. The maximum Gasteiger partial charge on any atom is 0.336 e. The average molecular weight is 469 g/mol.